The minimum Gasteiger partial charge on any atom is -0.235 e. The van der Waals surface area contributed by atoms with Gasteiger partial charge in [0.2, 0.25) is 22.4 Å². The Bertz CT molecular complexity index is 1270. The molecule has 0 aromatic heterocycles. The topological polar surface area (TPSA) is 0 Å². The summed E-state index contributed by atoms with van der Waals surface area (Å²) in [6, 6.07) is 0. The first-order valence-electron chi connectivity index (χ1n) is 10.1. The van der Waals surface area contributed by atoms with Crippen molar-refractivity contribution in [2.75, 3.05) is 0 Å². The average Bonchev–Trinajstić information content (AvgIpc) is 2.76. The van der Waals surface area contributed by atoms with Gasteiger partial charge in [0.25, 0.3) is 5.67 Å². The smallest absolute Gasteiger partial charge is 0.235 e. The third-order valence-corrected chi connectivity index (χ3v) is 8.77. The van der Waals surface area contributed by atoms with Gasteiger partial charge in [0, 0.05) is 0 Å². The van der Waals surface area contributed by atoms with E-state index in [1.807, 2.05) is 0 Å². The second kappa shape index (κ2) is 6.81. The van der Waals surface area contributed by atoms with Crippen molar-refractivity contribution in [2.45, 2.75) is 88.8 Å². The fourth-order valence-electron chi connectivity index (χ4n) is 7.26. The monoisotopic (exact) mass is 700 g/mol. The van der Waals surface area contributed by atoms with Crippen LogP contribution < -0.4 is 0 Å². The zero-order chi connectivity index (χ0) is 34.7. The predicted octanol–water partition coefficient (Wildman–Crippen LogP) is 8.44. The molecule has 4 aliphatic rings. The predicted molar refractivity (Wildman–Crippen MR) is 76.5 cm³/mol. The molecule has 4 rings (SSSR count). The first-order chi connectivity index (χ1) is 18.2. The molecule has 0 amide bonds. The summed E-state index contributed by atoms with van der Waals surface area (Å²) in [6.45, 7) is 0. The molecule has 4 saturated carbocycles. The van der Waals surface area contributed by atoms with E-state index in [-0.39, 0.29) is 0 Å². The van der Waals surface area contributed by atoms with E-state index in [9.17, 15) is 96.6 Å². The van der Waals surface area contributed by atoms with Gasteiger partial charge in [-0.05, 0) is 0 Å². The van der Waals surface area contributed by atoms with Crippen molar-refractivity contribution in [1.82, 2.24) is 0 Å². The Balaban J connectivity index is 2.48. The Kier molecular flexibility index (Phi) is 5.39. The van der Waals surface area contributed by atoms with Gasteiger partial charge >= 0.3 is 59.7 Å². The fraction of sp³-hybridized carbons (Fsp3) is 1.00. The molecule has 4 aliphatic carbocycles. The van der Waals surface area contributed by atoms with Crippen molar-refractivity contribution >= 4 is 0 Å². The molecule has 0 unspecified atom stereocenters. The van der Waals surface area contributed by atoms with Crippen LogP contribution in [0.2, 0.25) is 0 Å². The minimum absolute atomic E-state index is 5.61. The number of hydrogen-bond donors (Lipinski definition) is 0. The molecule has 0 nitrogen and oxygen atoms in total. The van der Waals surface area contributed by atoms with Gasteiger partial charge in [-0.3, -0.25) is 0 Å². The zero-order valence-electron chi connectivity index (χ0n) is 18.5. The van der Waals surface area contributed by atoms with Crippen LogP contribution in [-0.4, -0.2) is 82.4 Å². The molecule has 26 heteroatoms. The Morgan fingerprint density at radius 1 is 0.302 bits per heavy atom. The van der Waals surface area contributed by atoms with Crippen molar-refractivity contribution in [3.05, 3.63) is 0 Å². The van der Waals surface area contributed by atoms with E-state index in [1.54, 1.807) is 0 Å². The summed E-state index contributed by atoms with van der Waals surface area (Å²) in [4.78, 5) is 0. The number of fused-ring (bicyclic) bond motifs is 6. The molecule has 0 bridgehead atoms. The average molecular weight is 700 g/mol. The van der Waals surface area contributed by atoms with E-state index in [0.717, 1.165) is 0 Å². The molecular weight excluding hydrogens is 698 g/mol. The highest BCUT2D eigenvalue weighted by Crippen LogP contribution is 3.02. The van der Waals surface area contributed by atoms with E-state index in [2.05, 4.69) is 0 Å². The van der Waals surface area contributed by atoms with Crippen molar-refractivity contribution in [3.63, 3.8) is 0 Å². The summed E-state index contributed by atoms with van der Waals surface area (Å²) in [5, 5.41) is 0. The molecule has 0 aliphatic heterocycles. The van der Waals surface area contributed by atoms with Gasteiger partial charge in [0.05, 0.1) is 6.42 Å². The third-order valence-electron chi connectivity index (χ3n) is 8.77. The molecule has 0 heterocycles. The van der Waals surface area contributed by atoms with Crippen LogP contribution >= 0.6 is 0 Å². The maximum Gasteiger partial charge on any atom is 0.407 e. The number of hydrogen-bond acceptors (Lipinski definition) is 0. The molecule has 43 heavy (non-hydrogen) atoms. The molecule has 0 spiro atoms. The van der Waals surface area contributed by atoms with Gasteiger partial charge in [-0.2, -0.15) is 96.6 Å². The molecule has 252 valence electrons. The number of alkyl halides is 26. The van der Waals surface area contributed by atoms with Crippen LogP contribution in [0.15, 0.2) is 0 Å². The Hall–Kier alpha value is -1.82. The number of rotatable bonds is 1. The van der Waals surface area contributed by atoms with E-state index in [0.29, 0.717) is 0 Å². The van der Waals surface area contributed by atoms with Gasteiger partial charge in [-0.15, -0.1) is 0 Å². The van der Waals surface area contributed by atoms with Crippen LogP contribution in [0, 0.1) is 10.8 Å². The zero-order valence-corrected chi connectivity index (χ0v) is 18.5. The summed E-state index contributed by atoms with van der Waals surface area (Å²) in [5.41, 5.74) is -53.4. The number of halogens is 26. The Morgan fingerprint density at radius 2 is 0.558 bits per heavy atom. The summed E-state index contributed by atoms with van der Waals surface area (Å²) in [7, 11) is 0. The van der Waals surface area contributed by atoms with Crippen LogP contribution in [0.5, 0.6) is 0 Å². The van der Waals surface area contributed by atoms with Crippen LogP contribution in [0.1, 0.15) is 6.42 Å². The Labute approximate surface area is 215 Å². The van der Waals surface area contributed by atoms with Gasteiger partial charge in [0.1, 0.15) is 5.41 Å². The first-order valence-corrected chi connectivity index (χ1v) is 10.1. The lowest BCUT2D eigenvalue weighted by molar-refractivity contribution is -0.678. The first kappa shape index (κ1) is 34.1. The van der Waals surface area contributed by atoms with E-state index < -0.39 is 99.7 Å². The van der Waals surface area contributed by atoms with Crippen molar-refractivity contribution in [1.29, 1.82) is 0 Å². The van der Waals surface area contributed by atoms with Crippen LogP contribution in [0.4, 0.5) is 114 Å². The van der Waals surface area contributed by atoms with Gasteiger partial charge in [-0.25, -0.2) is 17.6 Å². The molecular formula is C17H2F26. The summed E-state index contributed by atoms with van der Waals surface area (Å²) >= 11 is 0. The lowest BCUT2D eigenvalue weighted by Gasteiger charge is -2.87. The normalized spacial score (nSPS) is 49.0. The lowest BCUT2D eigenvalue weighted by atomic mass is 9.16. The maximum absolute atomic E-state index is 16.2. The van der Waals surface area contributed by atoms with Crippen molar-refractivity contribution in [3.8, 4) is 0 Å². The Morgan fingerprint density at radius 3 is 0.860 bits per heavy atom. The standard InChI is InChI=1S/C17H2F26/c18-3(19,20)1-2-5(21)4(17(41,42)43,9(25,26)10(5,27)28)6(2,22)11(29,30)13(33,34)8(24)7(2,23)12(31,32)15(37,38)16(39,40)14(8,35)36/h1H2/t2-,4-,5-,6-,7-,8-/m1/s1. The molecule has 0 radical (unpaired) electrons. The molecule has 6 atom stereocenters. The minimum atomic E-state index is -9.46. The fourth-order valence-corrected chi connectivity index (χ4v) is 7.26. The van der Waals surface area contributed by atoms with Crippen molar-refractivity contribution in [2.24, 2.45) is 10.8 Å². The van der Waals surface area contributed by atoms with Gasteiger partial charge in [-0.1, -0.05) is 0 Å². The van der Waals surface area contributed by atoms with Crippen molar-refractivity contribution < 1.29 is 114 Å². The molecule has 0 N–H and O–H groups in total. The lowest BCUT2D eigenvalue weighted by Crippen LogP contribution is -3.16. The van der Waals surface area contributed by atoms with E-state index in [1.165, 1.54) is 0 Å². The second-order valence-corrected chi connectivity index (χ2v) is 10.2. The summed E-state index contributed by atoms with van der Waals surface area (Å²) < 4.78 is 376. The maximum atomic E-state index is 16.2. The van der Waals surface area contributed by atoms with E-state index in [4.69, 9.17) is 0 Å². The third kappa shape index (κ3) is 2.12. The highest BCUT2D eigenvalue weighted by atomic mass is 19.4. The largest absolute Gasteiger partial charge is 0.407 e. The summed E-state index contributed by atoms with van der Waals surface area (Å²) in [6.07, 6.45) is -21.9. The highest BCUT2D eigenvalue weighted by molar-refractivity contribution is 5.62. The van der Waals surface area contributed by atoms with E-state index >= 15 is 17.6 Å². The van der Waals surface area contributed by atoms with Gasteiger partial charge in [0.15, 0.2) is 0 Å². The highest BCUT2D eigenvalue weighted by Gasteiger charge is 3.30. The molecule has 0 saturated heterocycles. The quantitative estimate of drug-likeness (QED) is 0.241. The second-order valence-electron chi connectivity index (χ2n) is 10.2. The molecule has 0 aromatic rings. The van der Waals surface area contributed by atoms with Crippen LogP contribution in [0.25, 0.3) is 0 Å². The SMILES string of the molecule is FC(F)(F)C[C@]12[C@]3(F)C(F)(F)C(F)(F)C(F)(F)C(F)(F)[C@]3(F)C(F)(F)C(F)(F)[C@]1(F)[C@@]1(C(F)(F)F)C(F)(F)C(F)(F)[C@]12F. The molecule has 0 aromatic carbocycles. The van der Waals surface area contributed by atoms with Gasteiger partial charge < -0.3 is 0 Å². The molecule has 4 fully saturated rings. The summed E-state index contributed by atoms with van der Waals surface area (Å²) in [5.74, 6) is -71.2. The van der Waals surface area contributed by atoms with Crippen LogP contribution in [-0.2, 0) is 0 Å². The van der Waals surface area contributed by atoms with Crippen LogP contribution in [0.3, 0.4) is 0 Å².